The van der Waals surface area contributed by atoms with E-state index in [1.54, 1.807) is 32.0 Å². The normalized spacial score (nSPS) is 13.2. The minimum Gasteiger partial charge on any atom is -0.426 e. The number of aliphatic imine (C=N–C) groups is 1. The van der Waals surface area contributed by atoms with E-state index in [4.69, 9.17) is 16.3 Å². The molecule has 0 saturated heterocycles. The Morgan fingerprint density at radius 2 is 2.00 bits per heavy atom. The van der Waals surface area contributed by atoms with E-state index in [1.165, 1.54) is 6.21 Å². The highest BCUT2D eigenvalue weighted by Gasteiger charge is 2.13. The van der Waals surface area contributed by atoms with Gasteiger partial charge in [-0.15, -0.1) is 0 Å². The molecule has 0 radical (unpaired) electrons. The molecular formula is C15H20ClNO3. The van der Waals surface area contributed by atoms with E-state index < -0.39 is 6.23 Å². The van der Waals surface area contributed by atoms with Gasteiger partial charge in [0.25, 0.3) is 0 Å². The smallest absolute Gasteiger partial charge is 0.313 e. The summed E-state index contributed by atoms with van der Waals surface area (Å²) in [6, 6.07) is 4.90. The third kappa shape index (κ3) is 4.94. The molecule has 1 N–H and O–H groups in total. The summed E-state index contributed by atoms with van der Waals surface area (Å²) < 4.78 is 5.28. The lowest BCUT2D eigenvalue weighted by Crippen LogP contribution is -2.16. The van der Waals surface area contributed by atoms with Crippen LogP contribution >= 0.6 is 11.6 Å². The van der Waals surface area contributed by atoms with Crippen molar-refractivity contribution in [2.75, 3.05) is 0 Å². The predicted octanol–water partition coefficient (Wildman–Crippen LogP) is 3.29. The fourth-order valence-electron chi connectivity index (χ4n) is 1.27. The first-order valence-corrected chi connectivity index (χ1v) is 6.91. The molecule has 0 amide bonds. The Morgan fingerprint density at radius 3 is 2.55 bits per heavy atom. The van der Waals surface area contributed by atoms with Gasteiger partial charge in [-0.05, 0) is 24.1 Å². The molecule has 1 rings (SSSR count). The van der Waals surface area contributed by atoms with Gasteiger partial charge < -0.3 is 9.84 Å². The van der Waals surface area contributed by atoms with Crippen molar-refractivity contribution < 1.29 is 14.6 Å². The standard InChI is InChI=1S/C15H20ClNO3/c1-9(2)14(18)17-8-11-7-12(16)5-6-13(11)20-15(19)10(3)4/h5-10,14,18H,1-4H3. The van der Waals surface area contributed by atoms with Crippen LogP contribution in [-0.4, -0.2) is 23.5 Å². The van der Waals surface area contributed by atoms with Gasteiger partial charge in [0.2, 0.25) is 0 Å². The molecule has 0 saturated carbocycles. The highest BCUT2D eigenvalue weighted by molar-refractivity contribution is 6.30. The second-order valence-corrected chi connectivity index (χ2v) is 5.63. The molecule has 1 aromatic rings. The first-order chi connectivity index (χ1) is 9.31. The highest BCUT2D eigenvalue weighted by Crippen LogP contribution is 2.22. The second kappa shape index (κ2) is 7.41. The lowest BCUT2D eigenvalue weighted by molar-refractivity contribution is -0.137. The zero-order valence-electron chi connectivity index (χ0n) is 12.1. The van der Waals surface area contributed by atoms with Crippen LogP contribution < -0.4 is 4.74 Å². The zero-order chi connectivity index (χ0) is 15.3. The third-order valence-corrected chi connectivity index (χ3v) is 2.85. The number of aliphatic hydroxyl groups is 1. The van der Waals surface area contributed by atoms with Crippen molar-refractivity contribution in [3.63, 3.8) is 0 Å². The molecule has 0 aliphatic heterocycles. The largest absolute Gasteiger partial charge is 0.426 e. The Hall–Kier alpha value is -1.39. The lowest BCUT2D eigenvalue weighted by atomic mass is 10.2. The summed E-state index contributed by atoms with van der Waals surface area (Å²) in [4.78, 5) is 15.7. The van der Waals surface area contributed by atoms with Gasteiger partial charge in [0, 0.05) is 16.8 Å². The highest BCUT2D eigenvalue weighted by atomic mass is 35.5. The molecule has 0 fully saturated rings. The van der Waals surface area contributed by atoms with Crippen LogP contribution in [0.25, 0.3) is 0 Å². The van der Waals surface area contributed by atoms with Crippen LogP contribution in [0.4, 0.5) is 0 Å². The van der Waals surface area contributed by atoms with E-state index >= 15 is 0 Å². The Kier molecular flexibility index (Phi) is 6.17. The predicted molar refractivity (Wildman–Crippen MR) is 80.4 cm³/mol. The summed E-state index contributed by atoms with van der Waals surface area (Å²) in [7, 11) is 0. The van der Waals surface area contributed by atoms with Crippen molar-refractivity contribution in [3.05, 3.63) is 28.8 Å². The molecule has 0 aliphatic rings. The number of aliphatic hydroxyl groups excluding tert-OH is 1. The van der Waals surface area contributed by atoms with E-state index in [1.807, 2.05) is 13.8 Å². The summed E-state index contributed by atoms with van der Waals surface area (Å²) in [5, 5.41) is 10.2. The fourth-order valence-corrected chi connectivity index (χ4v) is 1.45. The first-order valence-electron chi connectivity index (χ1n) is 6.53. The van der Waals surface area contributed by atoms with Crippen molar-refractivity contribution in [1.29, 1.82) is 0 Å². The van der Waals surface area contributed by atoms with E-state index in [0.717, 1.165) is 0 Å². The molecule has 20 heavy (non-hydrogen) atoms. The molecule has 0 heterocycles. The van der Waals surface area contributed by atoms with Crippen LogP contribution in [0.3, 0.4) is 0 Å². The molecule has 0 aromatic heterocycles. The summed E-state index contributed by atoms with van der Waals surface area (Å²) >= 11 is 5.93. The molecule has 0 aliphatic carbocycles. The molecule has 110 valence electrons. The first kappa shape index (κ1) is 16.7. The van der Waals surface area contributed by atoms with Gasteiger partial charge in [0.1, 0.15) is 12.0 Å². The summed E-state index contributed by atoms with van der Waals surface area (Å²) in [5.74, 6) is -0.164. The van der Waals surface area contributed by atoms with Gasteiger partial charge in [0.15, 0.2) is 0 Å². The number of hydrogen-bond donors (Lipinski definition) is 1. The number of benzene rings is 1. The summed E-state index contributed by atoms with van der Waals surface area (Å²) in [6.07, 6.45) is 0.669. The van der Waals surface area contributed by atoms with Gasteiger partial charge in [-0.2, -0.15) is 0 Å². The summed E-state index contributed by atoms with van der Waals surface area (Å²) in [5.41, 5.74) is 0.561. The average molecular weight is 298 g/mol. The number of ether oxygens (including phenoxy) is 1. The molecular weight excluding hydrogens is 278 g/mol. The van der Waals surface area contributed by atoms with Gasteiger partial charge >= 0.3 is 5.97 Å². The molecule has 0 bridgehead atoms. The monoisotopic (exact) mass is 297 g/mol. The number of carbonyl (C=O) groups excluding carboxylic acids is 1. The van der Waals surface area contributed by atoms with Crippen molar-refractivity contribution in [2.45, 2.75) is 33.9 Å². The maximum Gasteiger partial charge on any atom is 0.313 e. The molecule has 1 unspecified atom stereocenters. The van der Waals surface area contributed by atoms with Crippen LogP contribution in [0, 0.1) is 11.8 Å². The summed E-state index contributed by atoms with van der Waals surface area (Å²) in [6.45, 7) is 7.24. The van der Waals surface area contributed by atoms with E-state index in [2.05, 4.69) is 4.99 Å². The number of hydrogen-bond acceptors (Lipinski definition) is 4. The SMILES string of the molecule is CC(C)C(=O)Oc1ccc(Cl)cc1C=NC(O)C(C)C. The Balaban J connectivity index is 2.99. The van der Waals surface area contributed by atoms with Crippen molar-refractivity contribution >= 4 is 23.8 Å². The second-order valence-electron chi connectivity index (χ2n) is 5.19. The minimum absolute atomic E-state index is 0.00657. The Bertz CT molecular complexity index is 498. The van der Waals surface area contributed by atoms with Crippen LogP contribution in [0.15, 0.2) is 23.2 Å². The molecule has 4 nitrogen and oxygen atoms in total. The van der Waals surface area contributed by atoms with Gasteiger partial charge in [-0.25, -0.2) is 0 Å². The molecule has 5 heteroatoms. The van der Waals surface area contributed by atoms with Crippen LogP contribution in [0.5, 0.6) is 5.75 Å². The molecule has 1 aromatic carbocycles. The zero-order valence-corrected chi connectivity index (χ0v) is 12.9. The van der Waals surface area contributed by atoms with Crippen LogP contribution in [0.2, 0.25) is 5.02 Å². The van der Waals surface area contributed by atoms with Crippen molar-refractivity contribution in [1.82, 2.24) is 0 Å². The van der Waals surface area contributed by atoms with Gasteiger partial charge in [0.05, 0.1) is 5.92 Å². The number of rotatable bonds is 5. The van der Waals surface area contributed by atoms with E-state index in [9.17, 15) is 9.90 Å². The minimum atomic E-state index is -0.803. The fraction of sp³-hybridized carbons (Fsp3) is 0.467. The molecule has 1 atom stereocenters. The average Bonchev–Trinajstić information content (AvgIpc) is 2.38. The van der Waals surface area contributed by atoms with Crippen LogP contribution in [-0.2, 0) is 4.79 Å². The van der Waals surface area contributed by atoms with E-state index in [0.29, 0.717) is 16.3 Å². The number of nitrogens with zero attached hydrogens (tertiary/aromatic N) is 1. The number of esters is 1. The maximum atomic E-state index is 11.6. The maximum absolute atomic E-state index is 11.6. The Morgan fingerprint density at radius 1 is 1.35 bits per heavy atom. The van der Waals surface area contributed by atoms with Crippen molar-refractivity contribution in [2.24, 2.45) is 16.8 Å². The van der Waals surface area contributed by atoms with Gasteiger partial charge in [-0.3, -0.25) is 9.79 Å². The van der Waals surface area contributed by atoms with Gasteiger partial charge in [-0.1, -0.05) is 39.3 Å². The van der Waals surface area contributed by atoms with E-state index in [-0.39, 0.29) is 17.8 Å². The van der Waals surface area contributed by atoms with Crippen LogP contribution in [0.1, 0.15) is 33.3 Å². The Labute approximate surface area is 124 Å². The van der Waals surface area contributed by atoms with Crippen molar-refractivity contribution in [3.8, 4) is 5.75 Å². The number of halogens is 1. The topological polar surface area (TPSA) is 58.9 Å². The molecule has 0 spiro atoms. The lowest BCUT2D eigenvalue weighted by Gasteiger charge is -2.11. The third-order valence-electron chi connectivity index (χ3n) is 2.62. The quantitative estimate of drug-likeness (QED) is 0.515. The number of carbonyl (C=O) groups is 1.